The molecular formula is C13H18BrClN2. The molecule has 1 saturated carbocycles. The van der Waals surface area contributed by atoms with Gasteiger partial charge in [-0.1, -0.05) is 38.3 Å². The molecule has 0 amide bonds. The number of rotatable bonds is 2. The van der Waals surface area contributed by atoms with Crippen LogP contribution in [0, 0.1) is 5.92 Å². The molecule has 0 aromatic carbocycles. The Bertz CT molecular complexity index is 401. The average molecular weight is 318 g/mol. The van der Waals surface area contributed by atoms with E-state index >= 15 is 0 Å². The van der Waals surface area contributed by atoms with Crippen LogP contribution in [0.25, 0.3) is 0 Å². The van der Waals surface area contributed by atoms with Gasteiger partial charge in [0.1, 0.15) is 11.0 Å². The molecule has 1 heterocycles. The van der Waals surface area contributed by atoms with Crippen molar-refractivity contribution in [3.8, 4) is 0 Å². The molecule has 0 N–H and O–H groups in total. The molecule has 0 bridgehead atoms. The van der Waals surface area contributed by atoms with Crippen LogP contribution in [0.15, 0.2) is 4.47 Å². The molecule has 0 unspecified atom stereocenters. The van der Waals surface area contributed by atoms with Gasteiger partial charge in [-0.3, -0.25) is 0 Å². The Morgan fingerprint density at radius 2 is 1.88 bits per heavy atom. The molecule has 2 nitrogen and oxygen atoms in total. The third-order valence-corrected chi connectivity index (χ3v) is 4.95. The lowest BCUT2D eigenvalue weighted by molar-refractivity contribution is 0.339. The molecule has 2 rings (SSSR count). The van der Waals surface area contributed by atoms with E-state index in [0.717, 1.165) is 28.3 Å². The van der Waals surface area contributed by atoms with Crippen molar-refractivity contribution < 1.29 is 0 Å². The van der Waals surface area contributed by atoms with E-state index in [2.05, 4.69) is 39.7 Å². The van der Waals surface area contributed by atoms with Crippen LogP contribution in [0.1, 0.15) is 57.0 Å². The van der Waals surface area contributed by atoms with Crippen LogP contribution in [0.5, 0.6) is 0 Å². The lowest BCUT2D eigenvalue weighted by atomic mass is 9.82. The molecule has 0 saturated heterocycles. The molecule has 0 atom stereocenters. The summed E-state index contributed by atoms with van der Waals surface area (Å²) in [4.78, 5) is 9.10. The first kappa shape index (κ1) is 13.3. The molecule has 1 aromatic rings. The SMILES string of the molecule is CCc1nc(C2CCC(C)CC2)nc(Cl)c1Br. The van der Waals surface area contributed by atoms with Gasteiger partial charge in [-0.15, -0.1) is 0 Å². The molecule has 0 aliphatic heterocycles. The van der Waals surface area contributed by atoms with Crippen molar-refractivity contribution >= 4 is 27.5 Å². The maximum absolute atomic E-state index is 6.15. The summed E-state index contributed by atoms with van der Waals surface area (Å²) in [6.07, 6.45) is 5.84. The van der Waals surface area contributed by atoms with Crippen molar-refractivity contribution in [3.05, 3.63) is 21.1 Å². The minimum Gasteiger partial charge on any atom is -0.236 e. The van der Waals surface area contributed by atoms with E-state index in [1.807, 2.05) is 0 Å². The maximum Gasteiger partial charge on any atom is 0.147 e. The van der Waals surface area contributed by atoms with Gasteiger partial charge in [-0.05, 0) is 41.1 Å². The smallest absolute Gasteiger partial charge is 0.147 e. The Hall–Kier alpha value is -0.150. The van der Waals surface area contributed by atoms with Crippen molar-refractivity contribution in [2.24, 2.45) is 5.92 Å². The van der Waals surface area contributed by atoms with E-state index in [1.165, 1.54) is 25.7 Å². The van der Waals surface area contributed by atoms with Crippen LogP contribution in [0.4, 0.5) is 0 Å². The standard InChI is InChI=1S/C13H18BrClN2/c1-3-10-11(14)12(15)17-13(16-10)9-6-4-8(2)5-7-9/h8-9H,3-7H2,1-2H3. The fourth-order valence-corrected chi connectivity index (χ4v) is 3.07. The fourth-order valence-electron chi connectivity index (χ4n) is 2.42. The van der Waals surface area contributed by atoms with Gasteiger partial charge in [-0.25, -0.2) is 9.97 Å². The molecule has 1 aliphatic carbocycles. The predicted molar refractivity (Wildman–Crippen MR) is 74.5 cm³/mol. The third-order valence-electron chi connectivity index (χ3n) is 3.61. The molecule has 1 fully saturated rings. The topological polar surface area (TPSA) is 25.8 Å². The summed E-state index contributed by atoms with van der Waals surface area (Å²) in [7, 11) is 0. The van der Waals surface area contributed by atoms with Gasteiger partial charge in [0.25, 0.3) is 0 Å². The second kappa shape index (κ2) is 5.66. The van der Waals surface area contributed by atoms with Crippen molar-refractivity contribution in [2.75, 3.05) is 0 Å². The molecule has 1 aliphatic rings. The summed E-state index contributed by atoms with van der Waals surface area (Å²) in [6, 6.07) is 0. The van der Waals surface area contributed by atoms with Crippen molar-refractivity contribution in [3.63, 3.8) is 0 Å². The normalized spacial score (nSPS) is 24.9. The number of hydrogen-bond donors (Lipinski definition) is 0. The van der Waals surface area contributed by atoms with Gasteiger partial charge in [0.15, 0.2) is 0 Å². The van der Waals surface area contributed by atoms with Gasteiger partial charge in [0, 0.05) is 5.92 Å². The van der Waals surface area contributed by atoms with Crippen LogP contribution in [-0.2, 0) is 6.42 Å². The number of nitrogens with zero attached hydrogens (tertiary/aromatic N) is 2. The van der Waals surface area contributed by atoms with E-state index in [1.54, 1.807) is 0 Å². The summed E-state index contributed by atoms with van der Waals surface area (Å²) < 4.78 is 0.856. The van der Waals surface area contributed by atoms with Crippen LogP contribution >= 0.6 is 27.5 Å². The van der Waals surface area contributed by atoms with Gasteiger partial charge in [0.05, 0.1) is 10.2 Å². The lowest BCUT2D eigenvalue weighted by Gasteiger charge is -2.25. The highest BCUT2D eigenvalue weighted by Crippen LogP contribution is 2.35. The second-order valence-electron chi connectivity index (χ2n) is 4.94. The molecule has 0 radical (unpaired) electrons. The van der Waals surface area contributed by atoms with E-state index in [0.29, 0.717) is 11.1 Å². The monoisotopic (exact) mass is 316 g/mol. The number of halogens is 2. The zero-order chi connectivity index (χ0) is 12.4. The average Bonchev–Trinajstić information content (AvgIpc) is 2.33. The van der Waals surface area contributed by atoms with Crippen LogP contribution < -0.4 is 0 Å². The first-order valence-electron chi connectivity index (χ1n) is 6.33. The van der Waals surface area contributed by atoms with Crippen LogP contribution in [0.3, 0.4) is 0 Å². The zero-order valence-corrected chi connectivity index (χ0v) is 12.7. The van der Waals surface area contributed by atoms with E-state index in [9.17, 15) is 0 Å². The third kappa shape index (κ3) is 3.00. The Labute approximate surface area is 116 Å². The Morgan fingerprint density at radius 3 is 2.47 bits per heavy atom. The highest BCUT2D eigenvalue weighted by molar-refractivity contribution is 9.10. The molecule has 17 heavy (non-hydrogen) atoms. The zero-order valence-electron chi connectivity index (χ0n) is 10.3. The predicted octanol–water partition coefficient (Wildman–Crippen LogP) is 4.75. The molecule has 4 heteroatoms. The number of aryl methyl sites for hydroxylation is 1. The van der Waals surface area contributed by atoms with Gasteiger partial charge in [-0.2, -0.15) is 0 Å². The largest absolute Gasteiger partial charge is 0.236 e. The van der Waals surface area contributed by atoms with Crippen molar-refractivity contribution in [1.82, 2.24) is 9.97 Å². The second-order valence-corrected chi connectivity index (χ2v) is 6.09. The number of aromatic nitrogens is 2. The summed E-state index contributed by atoms with van der Waals surface area (Å²) in [6.45, 7) is 4.42. The lowest BCUT2D eigenvalue weighted by Crippen LogP contribution is -2.14. The molecule has 1 aromatic heterocycles. The Morgan fingerprint density at radius 1 is 1.24 bits per heavy atom. The Balaban J connectivity index is 2.24. The minimum atomic E-state index is 0.502. The van der Waals surface area contributed by atoms with E-state index in [4.69, 9.17) is 11.6 Å². The van der Waals surface area contributed by atoms with Gasteiger partial charge in [0.2, 0.25) is 0 Å². The van der Waals surface area contributed by atoms with Crippen molar-refractivity contribution in [2.45, 2.75) is 51.9 Å². The summed E-state index contributed by atoms with van der Waals surface area (Å²) >= 11 is 9.60. The van der Waals surface area contributed by atoms with E-state index < -0.39 is 0 Å². The van der Waals surface area contributed by atoms with Gasteiger partial charge >= 0.3 is 0 Å². The van der Waals surface area contributed by atoms with Crippen LogP contribution in [0.2, 0.25) is 5.15 Å². The first-order valence-corrected chi connectivity index (χ1v) is 7.50. The summed E-state index contributed by atoms with van der Waals surface area (Å²) in [5.74, 6) is 2.30. The van der Waals surface area contributed by atoms with Gasteiger partial charge < -0.3 is 0 Å². The molecule has 94 valence electrons. The Kier molecular flexibility index (Phi) is 4.42. The number of hydrogen-bond acceptors (Lipinski definition) is 2. The summed E-state index contributed by atoms with van der Waals surface area (Å²) in [5.41, 5.74) is 1.03. The van der Waals surface area contributed by atoms with Crippen LogP contribution in [-0.4, -0.2) is 9.97 Å². The quantitative estimate of drug-likeness (QED) is 0.736. The minimum absolute atomic E-state index is 0.502. The fraction of sp³-hybridized carbons (Fsp3) is 0.692. The molecular weight excluding hydrogens is 300 g/mol. The molecule has 0 spiro atoms. The van der Waals surface area contributed by atoms with Crippen molar-refractivity contribution in [1.29, 1.82) is 0 Å². The first-order chi connectivity index (χ1) is 8.11. The highest BCUT2D eigenvalue weighted by Gasteiger charge is 2.23. The van der Waals surface area contributed by atoms with E-state index in [-0.39, 0.29) is 0 Å². The summed E-state index contributed by atoms with van der Waals surface area (Å²) in [5, 5.41) is 0.561. The highest BCUT2D eigenvalue weighted by atomic mass is 79.9. The maximum atomic E-state index is 6.15.